The number of carbonyl (C=O) groups is 1. The largest absolute Gasteiger partial charge is 0.496 e. The van der Waals surface area contributed by atoms with Crippen molar-refractivity contribution in [2.45, 2.75) is 6.92 Å². The van der Waals surface area contributed by atoms with Crippen LogP contribution in [0.2, 0.25) is 0 Å². The molecule has 0 heterocycles. The molecule has 0 aliphatic rings. The number of hydrogen-bond acceptors (Lipinski definition) is 2. The lowest BCUT2D eigenvalue weighted by atomic mass is 10.1. The number of methoxy groups -OCH3 is 1. The van der Waals surface area contributed by atoms with E-state index in [1.807, 2.05) is 19.1 Å². The Labute approximate surface area is 65.8 Å². The molecule has 0 atom stereocenters. The predicted octanol–water partition coefficient (Wildman–Crippen LogP) is 1.82. The van der Waals surface area contributed by atoms with Crippen molar-refractivity contribution in [3.8, 4) is 5.75 Å². The van der Waals surface area contributed by atoms with Gasteiger partial charge in [-0.1, -0.05) is 12.1 Å². The smallest absolute Gasteiger partial charge is 0.153 e. The number of hydrogen-bond donors (Lipinski definition) is 0. The van der Waals surface area contributed by atoms with Gasteiger partial charge in [0.2, 0.25) is 0 Å². The molecule has 0 N–H and O–H groups in total. The van der Waals surface area contributed by atoms with Gasteiger partial charge in [0.25, 0.3) is 0 Å². The third-order valence-corrected chi connectivity index (χ3v) is 1.57. The van der Waals surface area contributed by atoms with Crippen LogP contribution in [0, 0.1) is 6.92 Å². The Bertz CT molecular complexity index is 266. The molecule has 0 radical (unpaired) electrons. The highest BCUT2D eigenvalue weighted by atomic mass is 16.5. The maximum atomic E-state index is 10.5. The molecule has 2 heteroatoms. The van der Waals surface area contributed by atoms with E-state index in [0.717, 1.165) is 11.8 Å². The summed E-state index contributed by atoms with van der Waals surface area (Å²) in [4.78, 5) is 10.5. The van der Waals surface area contributed by atoms with Crippen molar-refractivity contribution in [1.29, 1.82) is 0 Å². The lowest BCUT2D eigenvalue weighted by molar-refractivity contribution is 0.112. The van der Waals surface area contributed by atoms with E-state index in [1.54, 1.807) is 13.2 Å². The van der Waals surface area contributed by atoms with Gasteiger partial charge in [0.05, 0.1) is 12.7 Å². The Balaban J connectivity index is 3.23. The number of aryl methyl sites for hydroxylation is 1. The Hall–Kier alpha value is -1.31. The molecule has 0 aliphatic heterocycles. The van der Waals surface area contributed by atoms with E-state index in [-0.39, 0.29) is 0 Å². The fourth-order valence-corrected chi connectivity index (χ4v) is 1.05. The number of rotatable bonds is 2. The lowest BCUT2D eigenvalue weighted by Crippen LogP contribution is -1.92. The summed E-state index contributed by atoms with van der Waals surface area (Å²) in [7, 11) is 1.56. The first-order valence-electron chi connectivity index (χ1n) is 3.38. The van der Waals surface area contributed by atoms with E-state index in [1.165, 1.54) is 0 Å². The number of carbonyl (C=O) groups excluding carboxylic acids is 1. The second-order valence-electron chi connectivity index (χ2n) is 2.32. The highest BCUT2D eigenvalue weighted by Crippen LogP contribution is 2.20. The van der Waals surface area contributed by atoms with Gasteiger partial charge in [-0.15, -0.1) is 0 Å². The highest BCUT2D eigenvalue weighted by molar-refractivity contribution is 5.80. The minimum Gasteiger partial charge on any atom is -0.496 e. The zero-order valence-corrected chi connectivity index (χ0v) is 6.63. The number of ether oxygens (including phenoxy) is 1. The second kappa shape index (κ2) is 3.19. The number of benzene rings is 1. The van der Waals surface area contributed by atoms with Gasteiger partial charge >= 0.3 is 0 Å². The first-order chi connectivity index (χ1) is 5.29. The van der Waals surface area contributed by atoms with Crippen molar-refractivity contribution in [2.24, 2.45) is 0 Å². The standard InChI is InChI=1S/C9H10O2/c1-7-4-3-5-8(6-10)9(7)11-2/h3-6H,1-2H3. The molecular formula is C9H10O2. The summed E-state index contributed by atoms with van der Waals surface area (Å²) in [5, 5.41) is 0. The van der Waals surface area contributed by atoms with Gasteiger partial charge in [0.15, 0.2) is 6.29 Å². The molecule has 0 fully saturated rings. The Kier molecular flexibility index (Phi) is 2.26. The van der Waals surface area contributed by atoms with Crippen LogP contribution in [0.25, 0.3) is 0 Å². The summed E-state index contributed by atoms with van der Waals surface area (Å²) in [6.07, 6.45) is 0.797. The molecule has 1 aromatic rings. The Morgan fingerprint density at radius 3 is 2.64 bits per heavy atom. The van der Waals surface area contributed by atoms with Crippen LogP contribution < -0.4 is 4.74 Å². The van der Waals surface area contributed by atoms with E-state index in [0.29, 0.717) is 11.3 Å². The number of aldehydes is 1. The summed E-state index contributed by atoms with van der Waals surface area (Å²) in [5.74, 6) is 0.669. The second-order valence-corrected chi connectivity index (χ2v) is 2.32. The van der Waals surface area contributed by atoms with Crippen LogP contribution >= 0.6 is 0 Å². The van der Waals surface area contributed by atoms with Crippen molar-refractivity contribution >= 4 is 6.29 Å². The van der Waals surface area contributed by atoms with Crippen molar-refractivity contribution in [3.05, 3.63) is 29.3 Å². The van der Waals surface area contributed by atoms with Crippen molar-refractivity contribution < 1.29 is 9.53 Å². The monoisotopic (exact) mass is 150 g/mol. The van der Waals surface area contributed by atoms with E-state index in [2.05, 4.69) is 0 Å². The maximum Gasteiger partial charge on any atom is 0.153 e. The zero-order chi connectivity index (χ0) is 8.27. The van der Waals surface area contributed by atoms with Crippen LogP contribution in [0.15, 0.2) is 18.2 Å². The van der Waals surface area contributed by atoms with Gasteiger partial charge in [-0.2, -0.15) is 0 Å². The van der Waals surface area contributed by atoms with E-state index in [4.69, 9.17) is 4.74 Å². The first kappa shape index (κ1) is 7.79. The molecule has 0 aliphatic carbocycles. The van der Waals surface area contributed by atoms with E-state index < -0.39 is 0 Å². The Morgan fingerprint density at radius 1 is 1.45 bits per heavy atom. The summed E-state index contributed by atoms with van der Waals surface area (Å²) >= 11 is 0. The molecule has 2 nitrogen and oxygen atoms in total. The lowest BCUT2D eigenvalue weighted by Gasteiger charge is -2.05. The molecule has 11 heavy (non-hydrogen) atoms. The summed E-state index contributed by atoms with van der Waals surface area (Å²) in [6.45, 7) is 1.91. The topological polar surface area (TPSA) is 26.3 Å². The summed E-state index contributed by atoms with van der Waals surface area (Å²) in [5.41, 5.74) is 1.59. The van der Waals surface area contributed by atoms with Crippen LogP contribution in [0.3, 0.4) is 0 Å². The average molecular weight is 150 g/mol. The Morgan fingerprint density at radius 2 is 2.18 bits per heavy atom. The molecule has 1 aromatic carbocycles. The molecule has 1 rings (SSSR count). The van der Waals surface area contributed by atoms with Crippen LogP contribution in [0.4, 0.5) is 0 Å². The SMILES string of the molecule is COc1c(C)cccc1C=O. The maximum absolute atomic E-state index is 10.5. The third-order valence-electron chi connectivity index (χ3n) is 1.57. The normalized spacial score (nSPS) is 9.27. The third kappa shape index (κ3) is 1.40. The highest BCUT2D eigenvalue weighted by Gasteiger charge is 2.02. The zero-order valence-electron chi connectivity index (χ0n) is 6.63. The average Bonchev–Trinajstić information content (AvgIpc) is 2.04. The van der Waals surface area contributed by atoms with Crippen molar-refractivity contribution in [1.82, 2.24) is 0 Å². The van der Waals surface area contributed by atoms with Gasteiger partial charge in [-0.3, -0.25) is 4.79 Å². The van der Waals surface area contributed by atoms with Crippen LogP contribution in [-0.4, -0.2) is 13.4 Å². The van der Waals surface area contributed by atoms with Gasteiger partial charge in [0, 0.05) is 0 Å². The minimum atomic E-state index is 0.604. The predicted molar refractivity (Wildman–Crippen MR) is 43.1 cm³/mol. The first-order valence-corrected chi connectivity index (χ1v) is 3.38. The molecule has 0 spiro atoms. The van der Waals surface area contributed by atoms with Gasteiger partial charge in [0.1, 0.15) is 5.75 Å². The summed E-state index contributed by atoms with van der Waals surface area (Å²) in [6, 6.07) is 5.48. The van der Waals surface area contributed by atoms with Crippen LogP contribution in [0.5, 0.6) is 5.75 Å². The molecule has 0 saturated carbocycles. The molecular weight excluding hydrogens is 140 g/mol. The molecule has 0 aromatic heterocycles. The number of para-hydroxylation sites is 1. The van der Waals surface area contributed by atoms with Crippen molar-refractivity contribution in [3.63, 3.8) is 0 Å². The summed E-state index contributed by atoms with van der Waals surface area (Å²) < 4.78 is 5.04. The van der Waals surface area contributed by atoms with Crippen molar-refractivity contribution in [2.75, 3.05) is 7.11 Å². The van der Waals surface area contributed by atoms with Gasteiger partial charge in [-0.05, 0) is 18.6 Å². The van der Waals surface area contributed by atoms with E-state index in [9.17, 15) is 4.79 Å². The van der Waals surface area contributed by atoms with Crippen LogP contribution in [0.1, 0.15) is 15.9 Å². The molecule has 0 saturated heterocycles. The fraction of sp³-hybridized carbons (Fsp3) is 0.222. The van der Waals surface area contributed by atoms with Gasteiger partial charge < -0.3 is 4.74 Å². The molecule has 0 unspecified atom stereocenters. The minimum absolute atomic E-state index is 0.604. The quantitative estimate of drug-likeness (QED) is 0.601. The fourth-order valence-electron chi connectivity index (χ4n) is 1.05. The van der Waals surface area contributed by atoms with E-state index >= 15 is 0 Å². The molecule has 0 amide bonds. The molecule has 0 bridgehead atoms. The molecule has 58 valence electrons. The van der Waals surface area contributed by atoms with Gasteiger partial charge in [-0.25, -0.2) is 0 Å². The van der Waals surface area contributed by atoms with Crippen LogP contribution in [-0.2, 0) is 0 Å².